The highest BCUT2D eigenvalue weighted by Crippen LogP contribution is 2.45. The number of fused-ring (bicyclic) bond motifs is 2. The number of nitrogens with two attached hydrogens (primary N) is 2. The van der Waals surface area contributed by atoms with Crippen LogP contribution in [0.4, 0.5) is 0 Å². The molecule has 2 heterocycles. The van der Waals surface area contributed by atoms with Gasteiger partial charge in [-0.05, 0) is 44.8 Å². The lowest BCUT2D eigenvalue weighted by Gasteiger charge is -2.28. The molecule has 0 aromatic rings. The number of thiol groups is 1. The fourth-order valence-corrected chi connectivity index (χ4v) is 4.02. The molecule has 10 heteroatoms. The first kappa shape index (κ1) is 27.4. The lowest BCUT2D eigenvalue weighted by molar-refractivity contribution is -0.140. The Morgan fingerprint density at radius 2 is 1.90 bits per heavy atom. The van der Waals surface area contributed by atoms with E-state index in [1.54, 1.807) is 11.2 Å². The van der Waals surface area contributed by atoms with Crippen molar-refractivity contribution >= 4 is 30.4 Å². The van der Waals surface area contributed by atoms with Crippen molar-refractivity contribution in [3.63, 3.8) is 0 Å². The first-order chi connectivity index (χ1) is 13.0. The van der Waals surface area contributed by atoms with Crippen molar-refractivity contribution in [3.05, 3.63) is 12.2 Å². The summed E-state index contributed by atoms with van der Waals surface area (Å²) >= 11 is 3.53. The summed E-state index contributed by atoms with van der Waals surface area (Å²) in [5, 5.41) is 2.84. The highest BCUT2D eigenvalue weighted by atomic mass is 32.1. The minimum Gasteiger partial charge on any atom is -0.412 e. The van der Waals surface area contributed by atoms with Crippen LogP contribution in [0.15, 0.2) is 12.2 Å². The summed E-state index contributed by atoms with van der Waals surface area (Å²) < 4.78 is 0. The van der Waals surface area contributed by atoms with Gasteiger partial charge in [-0.1, -0.05) is 25.0 Å². The molecule has 9 nitrogen and oxygen atoms in total. The van der Waals surface area contributed by atoms with Gasteiger partial charge in [-0.15, -0.1) is 0 Å². The van der Waals surface area contributed by atoms with Crippen LogP contribution in [0.25, 0.3) is 0 Å². The Balaban J connectivity index is -0.000000318. The van der Waals surface area contributed by atoms with Crippen LogP contribution in [-0.2, 0) is 14.4 Å². The third kappa shape index (κ3) is 6.18. The van der Waals surface area contributed by atoms with Crippen molar-refractivity contribution in [2.24, 2.45) is 17.4 Å². The zero-order valence-electron chi connectivity index (χ0n) is 17.0. The fraction of sp³-hybridized carbons (Fsp3) is 0.737. The molecule has 1 saturated heterocycles. The molecule has 3 amide bonds. The Labute approximate surface area is 183 Å². The van der Waals surface area contributed by atoms with Gasteiger partial charge >= 0.3 is 0 Å². The molecule has 176 valence electrons. The standard InChI is InChI=1S/C18H28N4O3.CH4S.2H2O.4H2/c19-13-8-5-3-1-2-4-7-12-11-18(12,17(20)25)21-15(23)14-9-6-10-22(14)16(13)24;1-2;;;;;;/h4,7,12-14H,1-3,5-6,8-11,19H2,(H2,20,25)(H,21,23);2H,1H3;2*1H2;4*1H/b7-4-;;;;;;;/t12-,13+,14+,18-;;;;;;;/m1......./s1. The quantitative estimate of drug-likeness (QED) is 0.332. The maximum atomic E-state index is 12.8. The number of primary amides is 1. The Morgan fingerprint density at radius 3 is 2.55 bits per heavy atom. The molecule has 2 aliphatic heterocycles. The van der Waals surface area contributed by atoms with Gasteiger partial charge in [0.2, 0.25) is 17.7 Å². The minimum atomic E-state index is -0.993. The molecular weight excluding hydrogens is 396 g/mol. The van der Waals surface area contributed by atoms with Gasteiger partial charge in [0.25, 0.3) is 0 Å². The van der Waals surface area contributed by atoms with E-state index in [2.05, 4.69) is 24.0 Å². The smallest absolute Gasteiger partial charge is 0.243 e. The van der Waals surface area contributed by atoms with E-state index in [0.717, 1.165) is 32.1 Å². The van der Waals surface area contributed by atoms with Crippen LogP contribution in [0.3, 0.4) is 0 Å². The molecule has 0 aromatic heterocycles. The van der Waals surface area contributed by atoms with Gasteiger partial charge in [0.1, 0.15) is 11.6 Å². The second-order valence-electron chi connectivity index (χ2n) is 7.50. The zero-order valence-corrected chi connectivity index (χ0v) is 17.9. The average molecular weight is 441 g/mol. The molecule has 2 fully saturated rings. The van der Waals surface area contributed by atoms with Gasteiger partial charge in [-0.25, -0.2) is 0 Å². The summed E-state index contributed by atoms with van der Waals surface area (Å²) in [6, 6.07) is -1.11. The highest BCUT2D eigenvalue weighted by molar-refractivity contribution is 7.79. The fourth-order valence-electron chi connectivity index (χ4n) is 4.02. The lowest BCUT2D eigenvalue weighted by atomic mass is 10.1. The predicted octanol–water partition coefficient (Wildman–Crippen LogP) is 0.0658. The summed E-state index contributed by atoms with van der Waals surface area (Å²) in [6.45, 7) is 0.539. The second-order valence-corrected chi connectivity index (χ2v) is 7.50. The van der Waals surface area contributed by atoms with Crippen molar-refractivity contribution in [2.45, 2.75) is 69.0 Å². The third-order valence-electron chi connectivity index (χ3n) is 5.71. The van der Waals surface area contributed by atoms with Gasteiger partial charge < -0.3 is 32.6 Å². The molecular formula is C19H44N4O5S. The van der Waals surface area contributed by atoms with Crippen LogP contribution in [0, 0.1) is 5.92 Å². The van der Waals surface area contributed by atoms with E-state index in [4.69, 9.17) is 11.5 Å². The third-order valence-corrected chi connectivity index (χ3v) is 5.71. The topological polar surface area (TPSA) is 182 Å². The highest BCUT2D eigenvalue weighted by Gasteiger charge is 2.59. The molecule has 4 atom stereocenters. The van der Waals surface area contributed by atoms with E-state index < -0.39 is 23.5 Å². The van der Waals surface area contributed by atoms with Crippen molar-refractivity contribution in [1.82, 2.24) is 10.2 Å². The molecule has 3 rings (SSSR count). The maximum absolute atomic E-state index is 12.8. The van der Waals surface area contributed by atoms with E-state index >= 15 is 0 Å². The van der Waals surface area contributed by atoms with Crippen LogP contribution in [-0.4, -0.2) is 64.0 Å². The van der Waals surface area contributed by atoms with Crippen LogP contribution < -0.4 is 16.8 Å². The van der Waals surface area contributed by atoms with Crippen LogP contribution in [0.2, 0.25) is 0 Å². The number of rotatable bonds is 1. The van der Waals surface area contributed by atoms with E-state index in [-0.39, 0.29) is 34.4 Å². The number of carbonyl (C=O) groups excluding carboxylic acids is 3. The number of hydrogen-bond acceptors (Lipinski definition) is 5. The number of nitrogens with one attached hydrogen (secondary N) is 1. The number of nitrogens with zero attached hydrogens (tertiary/aromatic N) is 1. The molecule has 0 bridgehead atoms. The van der Waals surface area contributed by atoms with E-state index in [1.165, 1.54) is 0 Å². The lowest BCUT2D eigenvalue weighted by Crippen LogP contribution is -2.56. The molecule has 3 aliphatic rings. The van der Waals surface area contributed by atoms with Crippen molar-refractivity contribution in [2.75, 3.05) is 12.8 Å². The number of amides is 3. The van der Waals surface area contributed by atoms with Gasteiger partial charge in [0.15, 0.2) is 0 Å². The first-order valence-corrected chi connectivity index (χ1v) is 10.6. The van der Waals surface area contributed by atoms with Gasteiger partial charge in [-0.2, -0.15) is 12.6 Å². The van der Waals surface area contributed by atoms with Crippen molar-refractivity contribution in [1.29, 1.82) is 0 Å². The van der Waals surface area contributed by atoms with Gasteiger partial charge in [0.05, 0.1) is 6.04 Å². The summed E-state index contributed by atoms with van der Waals surface area (Å²) in [7, 11) is 0. The first-order valence-electron chi connectivity index (χ1n) is 9.75. The van der Waals surface area contributed by atoms with Crippen LogP contribution >= 0.6 is 12.6 Å². The molecule has 0 aromatic carbocycles. The molecule has 1 aliphatic carbocycles. The largest absolute Gasteiger partial charge is 0.412 e. The molecule has 9 N–H and O–H groups in total. The summed E-state index contributed by atoms with van der Waals surface area (Å²) in [6.07, 6.45) is 12.1. The molecule has 29 heavy (non-hydrogen) atoms. The van der Waals surface area contributed by atoms with Crippen LogP contribution in [0.5, 0.6) is 0 Å². The molecule has 0 radical (unpaired) electrons. The van der Waals surface area contributed by atoms with E-state index in [9.17, 15) is 14.4 Å². The van der Waals surface area contributed by atoms with Crippen LogP contribution in [0.1, 0.15) is 57.1 Å². The SMILES string of the molecule is CS.NC(=O)[C@@]12C[C@H]1/C=C\CCCCC[C@H](N)C(=O)N1CCC[C@H]1C(=O)N2.O.O.[HH].[HH].[HH].[HH]. The second kappa shape index (κ2) is 12.2. The normalized spacial score (nSPS) is 32.9. The summed E-state index contributed by atoms with van der Waals surface area (Å²) in [4.78, 5) is 38.9. The Hall–Kier alpha value is -1.62. The van der Waals surface area contributed by atoms with E-state index in [0.29, 0.717) is 25.8 Å². The molecule has 1 saturated carbocycles. The summed E-state index contributed by atoms with van der Waals surface area (Å²) in [5.74, 6) is -1.01. The van der Waals surface area contributed by atoms with Gasteiger partial charge in [0, 0.05) is 18.2 Å². The number of carbonyl (C=O) groups is 3. The predicted molar refractivity (Wildman–Crippen MR) is 124 cm³/mol. The monoisotopic (exact) mass is 440 g/mol. The minimum absolute atomic E-state index is 0. The van der Waals surface area contributed by atoms with E-state index in [1.807, 2.05) is 6.08 Å². The average Bonchev–Trinajstić information content (AvgIpc) is 3.13. The maximum Gasteiger partial charge on any atom is 0.243 e. The zero-order chi connectivity index (χ0) is 20.0. The van der Waals surface area contributed by atoms with Crippen molar-refractivity contribution in [3.8, 4) is 0 Å². The Kier molecular flexibility index (Phi) is 11.5. The number of allylic oxidation sites excluding steroid dienone is 1. The number of hydrogen-bond donors (Lipinski definition) is 4. The van der Waals surface area contributed by atoms with Gasteiger partial charge in [-0.3, -0.25) is 14.4 Å². The Morgan fingerprint density at radius 1 is 1.21 bits per heavy atom. The molecule has 0 spiro atoms. The van der Waals surface area contributed by atoms with Crippen molar-refractivity contribution < 1.29 is 31.0 Å². The molecule has 0 unspecified atom stereocenters. The Bertz CT molecular complexity index is 621. The summed E-state index contributed by atoms with van der Waals surface area (Å²) in [5.41, 5.74) is 10.6.